The van der Waals surface area contributed by atoms with Crippen LogP contribution in [-0.4, -0.2) is 12.5 Å². The van der Waals surface area contributed by atoms with E-state index in [2.05, 4.69) is 31.3 Å². The maximum atomic E-state index is 10.6. The number of aryl methyl sites for hydroxylation is 1. The largest absolute Gasteiger partial charge is 0.370 e. The maximum Gasteiger partial charge on any atom is 0.217 e. The van der Waals surface area contributed by atoms with E-state index in [1.807, 2.05) is 11.3 Å². The van der Waals surface area contributed by atoms with Crippen LogP contribution < -0.4 is 11.1 Å². The fourth-order valence-corrected chi connectivity index (χ4v) is 2.48. The average molecular weight is 240 g/mol. The Bertz CT molecular complexity index is 336. The van der Waals surface area contributed by atoms with Crippen molar-refractivity contribution in [2.24, 2.45) is 5.73 Å². The van der Waals surface area contributed by atoms with Gasteiger partial charge in [0.15, 0.2) is 0 Å². The minimum atomic E-state index is -0.223. The lowest BCUT2D eigenvalue weighted by atomic mass is 10.2. The van der Waals surface area contributed by atoms with E-state index in [1.54, 1.807) is 0 Å². The van der Waals surface area contributed by atoms with Gasteiger partial charge in [-0.15, -0.1) is 11.3 Å². The van der Waals surface area contributed by atoms with Gasteiger partial charge >= 0.3 is 0 Å². The Morgan fingerprint density at radius 1 is 1.56 bits per heavy atom. The fourth-order valence-electron chi connectivity index (χ4n) is 1.50. The zero-order valence-electron chi connectivity index (χ0n) is 9.95. The van der Waals surface area contributed by atoms with Crippen molar-refractivity contribution >= 4 is 17.2 Å². The van der Waals surface area contributed by atoms with Crippen LogP contribution in [-0.2, 0) is 11.2 Å². The van der Waals surface area contributed by atoms with Crippen molar-refractivity contribution in [3.63, 3.8) is 0 Å². The second-order valence-electron chi connectivity index (χ2n) is 3.90. The van der Waals surface area contributed by atoms with Gasteiger partial charge in [0.2, 0.25) is 5.91 Å². The molecule has 0 bridgehead atoms. The van der Waals surface area contributed by atoms with E-state index < -0.39 is 0 Å². The minimum Gasteiger partial charge on any atom is -0.370 e. The van der Waals surface area contributed by atoms with Crippen LogP contribution in [0.4, 0.5) is 0 Å². The Balaban J connectivity index is 2.29. The van der Waals surface area contributed by atoms with Crippen LogP contribution in [0.1, 0.15) is 42.5 Å². The zero-order chi connectivity index (χ0) is 12.0. The summed E-state index contributed by atoms with van der Waals surface area (Å²) in [5, 5.41) is 3.39. The second-order valence-corrected chi connectivity index (χ2v) is 5.10. The van der Waals surface area contributed by atoms with E-state index in [1.165, 1.54) is 9.75 Å². The third kappa shape index (κ3) is 4.33. The third-order valence-corrected chi connectivity index (χ3v) is 3.92. The molecule has 1 unspecified atom stereocenters. The van der Waals surface area contributed by atoms with Gasteiger partial charge in [-0.05, 0) is 38.4 Å². The molecule has 0 saturated heterocycles. The molecule has 3 nitrogen and oxygen atoms in total. The third-order valence-electron chi connectivity index (χ3n) is 2.51. The van der Waals surface area contributed by atoms with Crippen molar-refractivity contribution in [1.29, 1.82) is 0 Å². The summed E-state index contributed by atoms with van der Waals surface area (Å²) in [6.45, 7) is 5.15. The molecule has 1 aromatic heterocycles. The van der Waals surface area contributed by atoms with Gasteiger partial charge in [0, 0.05) is 22.2 Å². The number of hydrogen-bond acceptors (Lipinski definition) is 3. The summed E-state index contributed by atoms with van der Waals surface area (Å²) < 4.78 is 0. The highest BCUT2D eigenvalue weighted by Gasteiger charge is 2.07. The summed E-state index contributed by atoms with van der Waals surface area (Å²) in [5.41, 5.74) is 5.08. The Hall–Kier alpha value is -0.870. The van der Waals surface area contributed by atoms with E-state index >= 15 is 0 Å². The number of thiophene rings is 1. The van der Waals surface area contributed by atoms with E-state index in [9.17, 15) is 4.79 Å². The lowest BCUT2D eigenvalue weighted by Crippen LogP contribution is -2.21. The molecule has 1 heterocycles. The fraction of sp³-hybridized carbons (Fsp3) is 0.583. The average Bonchev–Trinajstić information content (AvgIpc) is 2.72. The van der Waals surface area contributed by atoms with E-state index in [4.69, 9.17) is 5.73 Å². The molecule has 90 valence electrons. The number of rotatable bonds is 7. The summed E-state index contributed by atoms with van der Waals surface area (Å²) in [7, 11) is 0. The molecule has 0 aliphatic carbocycles. The van der Waals surface area contributed by atoms with Gasteiger partial charge in [-0.25, -0.2) is 0 Å². The first-order chi connectivity index (χ1) is 7.63. The van der Waals surface area contributed by atoms with E-state index in [0.717, 1.165) is 19.4 Å². The standard InChI is InChI=1S/C12H20N2OS/c1-3-10-6-7-11(16-10)9(2)14-8-4-5-12(13)15/h6-7,9,14H,3-5,8H2,1-2H3,(H2,13,15). The van der Waals surface area contributed by atoms with Crippen molar-refractivity contribution < 1.29 is 4.79 Å². The molecule has 0 radical (unpaired) electrons. The van der Waals surface area contributed by atoms with Gasteiger partial charge in [-0.1, -0.05) is 6.92 Å². The number of carbonyl (C=O) groups is 1. The Morgan fingerprint density at radius 3 is 2.88 bits per heavy atom. The summed E-state index contributed by atoms with van der Waals surface area (Å²) >= 11 is 1.85. The smallest absolute Gasteiger partial charge is 0.217 e. The van der Waals surface area contributed by atoms with Gasteiger partial charge in [0.1, 0.15) is 0 Å². The molecule has 0 saturated carbocycles. The van der Waals surface area contributed by atoms with Crippen LogP contribution in [0.5, 0.6) is 0 Å². The molecule has 16 heavy (non-hydrogen) atoms. The highest BCUT2D eigenvalue weighted by atomic mass is 32.1. The number of hydrogen-bond donors (Lipinski definition) is 2. The monoisotopic (exact) mass is 240 g/mol. The Labute approximate surface area is 101 Å². The maximum absolute atomic E-state index is 10.6. The molecular formula is C12H20N2OS. The van der Waals surface area contributed by atoms with Gasteiger partial charge in [0.05, 0.1) is 0 Å². The van der Waals surface area contributed by atoms with Gasteiger partial charge in [-0.2, -0.15) is 0 Å². The van der Waals surface area contributed by atoms with Crippen molar-refractivity contribution in [2.45, 2.75) is 39.2 Å². The second kappa shape index (κ2) is 6.66. The predicted molar refractivity (Wildman–Crippen MR) is 68.5 cm³/mol. The first-order valence-corrected chi connectivity index (χ1v) is 6.55. The van der Waals surface area contributed by atoms with Gasteiger partial charge < -0.3 is 11.1 Å². The van der Waals surface area contributed by atoms with Crippen molar-refractivity contribution in [3.8, 4) is 0 Å². The number of primary amides is 1. The molecule has 1 amide bonds. The van der Waals surface area contributed by atoms with Crippen molar-refractivity contribution in [3.05, 3.63) is 21.9 Å². The molecule has 1 rings (SSSR count). The van der Waals surface area contributed by atoms with Crippen LogP contribution in [0, 0.1) is 0 Å². The quantitative estimate of drug-likeness (QED) is 0.718. The molecule has 0 fully saturated rings. The summed E-state index contributed by atoms with van der Waals surface area (Å²) in [5.74, 6) is -0.223. The normalized spacial score (nSPS) is 12.6. The lowest BCUT2D eigenvalue weighted by molar-refractivity contribution is -0.118. The van der Waals surface area contributed by atoms with E-state index in [0.29, 0.717) is 12.5 Å². The zero-order valence-corrected chi connectivity index (χ0v) is 10.8. The van der Waals surface area contributed by atoms with Gasteiger partial charge in [-0.3, -0.25) is 4.79 Å². The summed E-state index contributed by atoms with van der Waals surface area (Å²) in [6.07, 6.45) is 2.37. The molecule has 1 aromatic rings. The molecule has 0 aliphatic rings. The number of nitrogens with one attached hydrogen (secondary N) is 1. The molecular weight excluding hydrogens is 220 g/mol. The lowest BCUT2D eigenvalue weighted by Gasteiger charge is -2.11. The molecule has 4 heteroatoms. The van der Waals surface area contributed by atoms with Crippen LogP contribution in [0.2, 0.25) is 0 Å². The Morgan fingerprint density at radius 2 is 2.31 bits per heavy atom. The first kappa shape index (κ1) is 13.2. The molecule has 3 N–H and O–H groups in total. The molecule has 0 aliphatic heterocycles. The van der Waals surface area contributed by atoms with Gasteiger partial charge in [0.25, 0.3) is 0 Å². The summed E-state index contributed by atoms with van der Waals surface area (Å²) in [4.78, 5) is 13.3. The SMILES string of the molecule is CCc1ccc(C(C)NCCCC(N)=O)s1. The van der Waals surface area contributed by atoms with E-state index in [-0.39, 0.29) is 5.91 Å². The van der Waals surface area contributed by atoms with Crippen molar-refractivity contribution in [1.82, 2.24) is 5.32 Å². The number of carbonyl (C=O) groups excluding carboxylic acids is 1. The highest BCUT2D eigenvalue weighted by molar-refractivity contribution is 7.12. The van der Waals surface area contributed by atoms with Crippen LogP contribution in [0.3, 0.4) is 0 Å². The van der Waals surface area contributed by atoms with Crippen LogP contribution in [0.15, 0.2) is 12.1 Å². The topological polar surface area (TPSA) is 55.1 Å². The Kier molecular flexibility index (Phi) is 5.49. The predicted octanol–water partition coefficient (Wildman–Crippen LogP) is 2.23. The molecule has 0 spiro atoms. The molecule has 0 aromatic carbocycles. The van der Waals surface area contributed by atoms with Crippen LogP contribution >= 0.6 is 11.3 Å². The molecule has 1 atom stereocenters. The van der Waals surface area contributed by atoms with Crippen LogP contribution in [0.25, 0.3) is 0 Å². The minimum absolute atomic E-state index is 0.223. The highest BCUT2D eigenvalue weighted by Crippen LogP contribution is 2.23. The van der Waals surface area contributed by atoms with Crippen molar-refractivity contribution in [2.75, 3.05) is 6.54 Å². The summed E-state index contributed by atoms with van der Waals surface area (Å²) in [6, 6.07) is 4.72. The number of nitrogens with two attached hydrogens (primary N) is 1. The number of amides is 1. The first-order valence-electron chi connectivity index (χ1n) is 5.73.